The molecule has 1 atom stereocenters. The van der Waals surface area contributed by atoms with Crippen LogP contribution in [0.1, 0.15) is 98.1 Å². The summed E-state index contributed by atoms with van der Waals surface area (Å²) in [5.41, 5.74) is 8.01. The molecule has 1 saturated carbocycles. The third-order valence-electron chi connectivity index (χ3n) is 9.87. The number of rotatable bonds is 5. The van der Waals surface area contributed by atoms with Crippen molar-refractivity contribution in [2.75, 3.05) is 0 Å². The van der Waals surface area contributed by atoms with Crippen molar-refractivity contribution in [3.05, 3.63) is 127 Å². The average molecular weight is 737 g/mol. The van der Waals surface area contributed by atoms with E-state index in [2.05, 4.69) is 50.4 Å². The summed E-state index contributed by atoms with van der Waals surface area (Å²) in [6, 6.07) is 16.8. The van der Waals surface area contributed by atoms with Gasteiger partial charge in [-0.15, -0.1) is 21.5 Å². The number of ketones is 2. The van der Waals surface area contributed by atoms with Crippen LogP contribution in [0, 0.1) is 37.5 Å². The van der Waals surface area contributed by atoms with Gasteiger partial charge in [-0.25, -0.2) is 0 Å². The third kappa shape index (κ3) is 6.72. The molecule has 1 fully saturated rings. The molecule has 5 heterocycles. The van der Waals surface area contributed by atoms with Crippen molar-refractivity contribution in [2.24, 2.45) is 4.99 Å². The number of pyridine rings is 1. The van der Waals surface area contributed by atoms with E-state index in [0.717, 1.165) is 79.2 Å². The minimum absolute atomic E-state index is 0.0520. The SMILES string of the molecule is Cc1c(C#Cc2ccc(CCCC#Cc3cccc4c3CN(C3CCC(=O)CC3=O)C4=O)nc2)sc2c1C(c1ccc(Cl)cc1)=NCc1nnc(C)n1-2. The fourth-order valence-corrected chi connectivity index (χ4v) is 8.46. The number of halogens is 1. The van der Waals surface area contributed by atoms with Crippen LogP contribution in [0.3, 0.4) is 0 Å². The monoisotopic (exact) mass is 736 g/mol. The maximum Gasteiger partial charge on any atom is 0.255 e. The van der Waals surface area contributed by atoms with Crippen molar-refractivity contribution < 1.29 is 14.4 Å². The summed E-state index contributed by atoms with van der Waals surface area (Å²) in [6.45, 7) is 4.81. The molecule has 3 aromatic heterocycles. The maximum atomic E-state index is 13.1. The van der Waals surface area contributed by atoms with Gasteiger partial charge in [-0.05, 0) is 80.6 Å². The Morgan fingerprint density at radius 1 is 0.981 bits per heavy atom. The van der Waals surface area contributed by atoms with Crippen LogP contribution < -0.4 is 0 Å². The summed E-state index contributed by atoms with van der Waals surface area (Å²) < 4.78 is 2.08. The molecule has 0 saturated heterocycles. The van der Waals surface area contributed by atoms with Crippen LogP contribution in [0.4, 0.5) is 0 Å². The Bertz CT molecular complexity index is 2470. The van der Waals surface area contributed by atoms with Gasteiger partial charge >= 0.3 is 0 Å². The molecule has 2 aromatic carbocycles. The number of aromatic nitrogens is 4. The molecular formula is C42H33ClN6O3S. The first kappa shape index (κ1) is 34.4. The van der Waals surface area contributed by atoms with E-state index in [1.807, 2.05) is 61.7 Å². The van der Waals surface area contributed by atoms with Crippen LogP contribution >= 0.6 is 22.9 Å². The van der Waals surface area contributed by atoms with Crippen LogP contribution in [0.2, 0.25) is 5.02 Å². The first-order valence-electron chi connectivity index (χ1n) is 17.5. The Kier molecular flexibility index (Phi) is 9.34. The number of amides is 1. The first-order chi connectivity index (χ1) is 25.7. The number of carbonyl (C=O) groups excluding carboxylic acids is 3. The number of hydrogen-bond donors (Lipinski definition) is 0. The fraction of sp³-hybridized carbons (Fsp3) is 0.262. The molecule has 0 bridgehead atoms. The topological polar surface area (TPSA) is 110 Å². The third-order valence-corrected chi connectivity index (χ3v) is 11.3. The second kappa shape index (κ2) is 14.4. The molecule has 0 radical (unpaired) electrons. The second-order valence-electron chi connectivity index (χ2n) is 13.4. The Morgan fingerprint density at radius 3 is 2.62 bits per heavy atom. The molecule has 1 unspecified atom stereocenters. The minimum atomic E-state index is -0.537. The Morgan fingerprint density at radius 2 is 1.83 bits per heavy atom. The number of Topliss-reactive ketones (excluding diaryl/α,β-unsaturated/α-hetero) is 2. The zero-order valence-electron chi connectivity index (χ0n) is 29.2. The second-order valence-corrected chi connectivity index (χ2v) is 14.8. The van der Waals surface area contributed by atoms with Gasteiger partial charge in [0.05, 0.1) is 23.1 Å². The van der Waals surface area contributed by atoms with Crippen LogP contribution in [-0.4, -0.2) is 53.9 Å². The van der Waals surface area contributed by atoms with Gasteiger partial charge in [0.25, 0.3) is 5.91 Å². The highest BCUT2D eigenvalue weighted by Crippen LogP contribution is 2.37. The van der Waals surface area contributed by atoms with Gasteiger partial charge in [0.15, 0.2) is 11.6 Å². The Balaban J connectivity index is 0.928. The van der Waals surface area contributed by atoms with E-state index in [0.29, 0.717) is 42.9 Å². The van der Waals surface area contributed by atoms with E-state index in [9.17, 15) is 14.4 Å². The number of aryl methyl sites for hydroxylation is 2. The zero-order valence-corrected chi connectivity index (χ0v) is 30.8. The smallest absolute Gasteiger partial charge is 0.255 e. The lowest BCUT2D eigenvalue weighted by molar-refractivity contribution is -0.133. The highest BCUT2D eigenvalue weighted by molar-refractivity contribution is 7.15. The predicted octanol–water partition coefficient (Wildman–Crippen LogP) is 6.77. The molecule has 262 valence electrons. The van der Waals surface area contributed by atoms with Crippen molar-refractivity contribution in [1.29, 1.82) is 0 Å². The zero-order chi connectivity index (χ0) is 36.6. The van der Waals surface area contributed by atoms with E-state index < -0.39 is 6.04 Å². The molecule has 8 rings (SSSR count). The van der Waals surface area contributed by atoms with Crippen LogP contribution in [-0.2, 0) is 29.1 Å². The molecule has 0 N–H and O–H groups in total. The van der Waals surface area contributed by atoms with E-state index in [4.69, 9.17) is 16.6 Å². The quantitative estimate of drug-likeness (QED) is 0.112. The van der Waals surface area contributed by atoms with Gasteiger partial charge in [-0.2, -0.15) is 0 Å². The van der Waals surface area contributed by atoms with Crippen molar-refractivity contribution in [2.45, 2.75) is 71.5 Å². The molecule has 2 aliphatic heterocycles. The van der Waals surface area contributed by atoms with Gasteiger partial charge in [0, 0.05) is 64.1 Å². The summed E-state index contributed by atoms with van der Waals surface area (Å²) >= 11 is 7.81. The van der Waals surface area contributed by atoms with Crippen LogP contribution in [0.25, 0.3) is 5.00 Å². The number of unbranched alkanes of at least 4 members (excludes halogenated alkanes) is 1. The molecule has 0 spiro atoms. The summed E-state index contributed by atoms with van der Waals surface area (Å²) in [6.07, 6.45) is 4.72. The lowest BCUT2D eigenvalue weighted by Gasteiger charge is -2.29. The Hall–Kier alpha value is -5.68. The van der Waals surface area contributed by atoms with Crippen molar-refractivity contribution in [3.8, 4) is 28.7 Å². The molecule has 9 nitrogen and oxygen atoms in total. The summed E-state index contributed by atoms with van der Waals surface area (Å²) in [7, 11) is 0. The number of nitrogens with zero attached hydrogens (tertiary/aromatic N) is 6. The number of aliphatic imine (C=N–C) groups is 1. The molecular weight excluding hydrogens is 704 g/mol. The van der Waals surface area contributed by atoms with Gasteiger partial charge < -0.3 is 4.90 Å². The highest BCUT2D eigenvalue weighted by atomic mass is 35.5. The van der Waals surface area contributed by atoms with Crippen LogP contribution in [0.15, 0.2) is 65.8 Å². The lowest BCUT2D eigenvalue weighted by Crippen LogP contribution is -2.44. The average Bonchev–Trinajstić information content (AvgIpc) is 3.76. The maximum absolute atomic E-state index is 13.1. The number of hydrogen-bond acceptors (Lipinski definition) is 8. The molecule has 1 amide bonds. The summed E-state index contributed by atoms with van der Waals surface area (Å²) in [5.74, 6) is 14.4. The fourth-order valence-electron chi connectivity index (χ4n) is 7.10. The number of benzene rings is 2. The molecule has 5 aromatic rings. The van der Waals surface area contributed by atoms with E-state index >= 15 is 0 Å². The summed E-state index contributed by atoms with van der Waals surface area (Å²) in [4.78, 5) is 49.6. The molecule has 53 heavy (non-hydrogen) atoms. The van der Waals surface area contributed by atoms with Crippen molar-refractivity contribution in [1.82, 2.24) is 24.6 Å². The molecule has 3 aliphatic rings. The highest BCUT2D eigenvalue weighted by Gasteiger charge is 2.39. The van der Waals surface area contributed by atoms with E-state index in [-0.39, 0.29) is 23.9 Å². The number of fused-ring (bicyclic) bond motifs is 4. The molecule has 11 heteroatoms. The lowest BCUT2D eigenvalue weighted by atomic mass is 9.92. The van der Waals surface area contributed by atoms with E-state index in [1.165, 1.54) is 0 Å². The normalized spacial score (nSPS) is 16.1. The van der Waals surface area contributed by atoms with Crippen molar-refractivity contribution in [3.63, 3.8) is 0 Å². The van der Waals surface area contributed by atoms with Gasteiger partial charge in [0.1, 0.15) is 23.2 Å². The van der Waals surface area contributed by atoms with Gasteiger partial charge in [-0.1, -0.05) is 53.5 Å². The number of carbonyl (C=O) groups is 3. The van der Waals surface area contributed by atoms with Crippen molar-refractivity contribution >= 4 is 46.1 Å². The van der Waals surface area contributed by atoms with Gasteiger partial charge in [-0.3, -0.25) is 28.9 Å². The first-order valence-corrected chi connectivity index (χ1v) is 18.7. The van der Waals surface area contributed by atoms with Crippen LogP contribution in [0.5, 0.6) is 0 Å². The van der Waals surface area contributed by atoms with E-state index in [1.54, 1.807) is 22.3 Å². The predicted molar refractivity (Wildman–Crippen MR) is 204 cm³/mol. The molecule has 1 aliphatic carbocycles. The summed E-state index contributed by atoms with van der Waals surface area (Å²) in [5, 5.41) is 10.4. The van der Waals surface area contributed by atoms with Gasteiger partial charge in [0.2, 0.25) is 0 Å². The minimum Gasteiger partial charge on any atom is -0.324 e. The largest absolute Gasteiger partial charge is 0.324 e. The number of thiophene rings is 1. The standard InChI is InChI=1S/C42H33ClN6O3S/c1-25-37(53-42-39(25)40(29-13-15-30(43)16-14-29)45-23-38-47-46-26(2)49(38)42)20-12-27-11-17-31(44-22-27)9-5-3-4-7-28-8-6-10-33-34(28)24-48(41(33)52)35-19-18-32(50)21-36(35)51/h6,8,10-11,13-17,22,35H,3,5,9,18-19,21,23-24H2,1-2H3. The Labute approximate surface area is 316 Å².